The van der Waals surface area contributed by atoms with Crippen LogP contribution in [0.1, 0.15) is 21.5 Å². The standard InChI is InChI=1S/C21H14Br2Cl2N2O2/c22-18-9-14(11-26-27-21(28)15-3-7-17(25)8-4-15)10-19(23)20(18)29-12-13-1-5-16(24)6-2-13/h1-11H,12H2,(H,27,28)/b26-11-. The van der Waals surface area contributed by atoms with Gasteiger partial charge in [0.25, 0.3) is 5.91 Å². The zero-order valence-corrected chi connectivity index (χ0v) is 19.5. The molecule has 0 fully saturated rings. The number of carbonyl (C=O) groups excluding carboxylic acids is 1. The number of carbonyl (C=O) groups is 1. The Bertz CT molecular complexity index is 1020. The average molecular weight is 557 g/mol. The lowest BCUT2D eigenvalue weighted by Gasteiger charge is -2.11. The SMILES string of the molecule is O=C(N/N=C\c1cc(Br)c(OCc2ccc(Cl)cc2)c(Br)c1)c1ccc(Cl)cc1. The molecule has 148 valence electrons. The Labute approximate surface area is 195 Å². The minimum atomic E-state index is -0.320. The smallest absolute Gasteiger partial charge is 0.271 e. The first-order chi connectivity index (χ1) is 13.9. The summed E-state index contributed by atoms with van der Waals surface area (Å²) >= 11 is 18.7. The molecule has 0 atom stereocenters. The van der Waals surface area contributed by atoms with Crippen LogP contribution < -0.4 is 10.2 Å². The summed E-state index contributed by atoms with van der Waals surface area (Å²) in [7, 11) is 0. The number of hydrogen-bond donors (Lipinski definition) is 1. The van der Waals surface area contributed by atoms with Crippen molar-refractivity contribution in [3.05, 3.63) is 96.3 Å². The normalized spacial score (nSPS) is 10.9. The Balaban J connectivity index is 1.63. The largest absolute Gasteiger partial charge is 0.487 e. The first-order valence-electron chi connectivity index (χ1n) is 8.37. The van der Waals surface area contributed by atoms with E-state index in [0.29, 0.717) is 28.0 Å². The number of halogens is 4. The minimum absolute atomic E-state index is 0.320. The number of rotatable bonds is 6. The van der Waals surface area contributed by atoms with E-state index in [4.69, 9.17) is 27.9 Å². The Kier molecular flexibility index (Phi) is 7.72. The van der Waals surface area contributed by atoms with Gasteiger partial charge in [-0.1, -0.05) is 35.3 Å². The fourth-order valence-corrected chi connectivity index (χ4v) is 4.06. The van der Waals surface area contributed by atoms with Gasteiger partial charge < -0.3 is 4.74 Å². The maximum Gasteiger partial charge on any atom is 0.271 e. The van der Waals surface area contributed by atoms with Crippen molar-refractivity contribution in [2.24, 2.45) is 5.10 Å². The van der Waals surface area contributed by atoms with Crippen molar-refractivity contribution in [1.82, 2.24) is 5.43 Å². The first kappa shape index (κ1) is 21.8. The molecule has 0 unspecified atom stereocenters. The van der Waals surface area contributed by atoms with Gasteiger partial charge in [-0.05, 0) is 91.5 Å². The molecule has 1 N–H and O–H groups in total. The summed E-state index contributed by atoms with van der Waals surface area (Å²) in [5.41, 5.74) is 4.74. The molecule has 4 nitrogen and oxygen atoms in total. The Hall–Kier alpha value is -1.86. The molecule has 3 aromatic rings. The highest BCUT2D eigenvalue weighted by atomic mass is 79.9. The molecule has 0 aromatic heterocycles. The molecule has 29 heavy (non-hydrogen) atoms. The summed E-state index contributed by atoms with van der Waals surface area (Å²) in [6.07, 6.45) is 1.55. The van der Waals surface area contributed by atoms with Crippen molar-refractivity contribution in [3.63, 3.8) is 0 Å². The van der Waals surface area contributed by atoms with Gasteiger partial charge in [0, 0.05) is 15.6 Å². The van der Waals surface area contributed by atoms with Gasteiger partial charge in [0.2, 0.25) is 0 Å². The van der Waals surface area contributed by atoms with Gasteiger partial charge in [0.15, 0.2) is 0 Å². The molecule has 0 aliphatic carbocycles. The summed E-state index contributed by atoms with van der Waals surface area (Å²) in [6.45, 7) is 0.402. The molecule has 1 amide bonds. The van der Waals surface area contributed by atoms with Gasteiger partial charge in [-0.25, -0.2) is 5.43 Å². The summed E-state index contributed by atoms with van der Waals surface area (Å²) in [6, 6.07) is 17.7. The molecule has 3 aromatic carbocycles. The lowest BCUT2D eigenvalue weighted by Crippen LogP contribution is -2.17. The van der Waals surface area contributed by atoms with E-state index in [-0.39, 0.29) is 5.91 Å². The molecule has 0 aliphatic heterocycles. The molecule has 0 saturated carbocycles. The molecular formula is C21H14Br2Cl2N2O2. The third kappa shape index (κ3) is 6.31. The maximum atomic E-state index is 12.1. The number of nitrogens with zero attached hydrogens (tertiary/aromatic N) is 1. The van der Waals surface area contributed by atoms with Crippen molar-refractivity contribution in [1.29, 1.82) is 0 Å². The van der Waals surface area contributed by atoms with Crippen molar-refractivity contribution < 1.29 is 9.53 Å². The second-order valence-electron chi connectivity index (χ2n) is 5.93. The van der Waals surface area contributed by atoms with E-state index in [2.05, 4.69) is 42.4 Å². The number of amides is 1. The van der Waals surface area contributed by atoms with E-state index < -0.39 is 0 Å². The predicted octanol–water partition coefficient (Wildman–Crippen LogP) is 6.86. The summed E-state index contributed by atoms with van der Waals surface area (Å²) in [5.74, 6) is 0.348. The number of benzene rings is 3. The Morgan fingerprint density at radius 3 is 2.10 bits per heavy atom. The second-order valence-corrected chi connectivity index (χ2v) is 8.52. The fraction of sp³-hybridized carbons (Fsp3) is 0.0476. The van der Waals surface area contributed by atoms with Crippen LogP contribution in [0, 0.1) is 0 Å². The van der Waals surface area contributed by atoms with Crippen LogP contribution in [0.4, 0.5) is 0 Å². The molecule has 0 aliphatic rings. The zero-order valence-electron chi connectivity index (χ0n) is 14.8. The molecular weight excluding hydrogens is 543 g/mol. The first-order valence-corrected chi connectivity index (χ1v) is 10.7. The van der Waals surface area contributed by atoms with Crippen LogP contribution in [-0.4, -0.2) is 12.1 Å². The van der Waals surface area contributed by atoms with Gasteiger partial charge >= 0.3 is 0 Å². The van der Waals surface area contributed by atoms with E-state index in [1.807, 2.05) is 36.4 Å². The van der Waals surface area contributed by atoms with Crippen LogP contribution in [0.15, 0.2) is 74.7 Å². The molecule has 0 spiro atoms. The molecule has 0 saturated heterocycles. The van der Waals surface area contributed by atoms with Crippen molar-refractivity contribution >= 4 is 67.2 Å². The van der Waals surface area contributed by atoms with Crippen molar-refractivity contribution in [3.8, 4) is 5.75 Å². The summed E-state index contributed by atoms with van der Waals surface area (Å²) in [5, 5.41) is 5.25. The van der Waals surface area contributed by atoms with Crippen LogP contribution in [0.3, 0.4) is 0 Å². The Morgan fingerprint density at radius 1 is 0.966 bits per heavy atom. The van der Waals surface area contributed by atoms with Gasteiger partial charge in [-0.15, -0.1) is 0 Å². The van der Waals surface area contributed by atoms with E-state index in [0.717, 1.165) is 20.1 Å². The highest BCUT2D eigenvalue weighted by Gasteiger charge is 2.09. The van der Waals surface area contributed by atoms with E-state index >= 15 is 0 Å². The fourth-order valence-electron chi connectivity index (χ4n) is 2.36. The van der Waals surface area contributed by atoms with Crippen LogP contribution in [0.25, 0.3) is 0 Å². The van der Waals surface area contributed by atoms with Crippen LogP contribution in [0.2, 0.25) is 10.0 Å². The Morgan fingerprint density at radius 2 is 1.52 bits per heavy atom. The number of ether oxygens (including phenoxy) is 1. The van der Waals surface area contributed by atoms with Crippen molar-refractivity contribution in [2.45, 2.75) is 6.61 Å². The topological polar surface area (TPSA) is 50.7 Å². The summed E-state index contributed by atoms with van der Waals surface area (Å²) in [4.78, 5) is 12.1. The van der Waals surface area contributed by atoms with Crippen LogP contribution >= 0.6 is 55.1 Å². The van der Waals surface area contributed by atoms with Gasteiger partial charge in [-0.2, -0.15) is 5.10 Å². The van der Waals surface area contributed by atoms with E-state index in [1.165, 1.54) is 0 Å². The van der Waals surface area contributed by atoms with E-state index in [1.54, 1.807) is 30.5 Å². The van der Waals surface area contributed by atoms with Crippen LogP contribution in [-0.2, 0) is 6.61 Å². The van der Waals surface area contributed by atoms with Gasteiger partial charge in [-0.3, -0.25) is 4.79 Å². The highest BCUT2D eigenvalue weighted by Crippen LogP contribution is 2.35. The number of hydrogen-bond acceptors (Lipinski definition) is 3. The van der Waals surface area contributed by atoms with Gasteiger partial charge in [0.1, 0.15) is 12.4 Å². The lowest BCUT2D eigenvalue weighted by atomic mass is 10.2. The van der Waals surface area contributed by atoms with Gasteiger partial charge in [0.05, 0.1) is 15.2 Å². The summed E-state index contributed by atoms with van der Waals surface area (Å²) < 4.78 is 7.41. The molecule has 0 bridgehead atoms. The average Bonchev–Trinajstić information content (AvgIpc) is 2.69. The minimum Gasteiger partial charge on any atom is -0.487 e. The third-order valence-corrected chi connectivity index (χ3v) is 5.49. The predicted molar refractivity (Wildman–Crippen MR) is 124 cm³/mol. The molecule has 0 heterocycles. The monoisotopic (exact) mass is 554 g/mol. The van der Waals surface area contributed by atoms with Crippen LogP contribution in [0.5, 0.6) is 5.75 Å². The molecule has 0 radical (unpaired) electrons. The maximum absolute atomic E-state index is 12.1. The highest BCUT2D eigenvalue weighted by molar-refractivity contribution is 9.11. The lowest BCUT2D eigenvalue weighted by molar-refractivity contribution is 0.0955. The van der Waals surface area contributed by atoms with Crippen molar-refractivity contribution in [2.75, 3.05) is 0 Å². The zero-order chi connectivity index (χ0) is 20.8. The number of hydrazone groups is 1. The number of nitrogens with one attached hydrogen (secondary N) is 1. The quantitative estimate of drug-likeness (QED) is 0.266. The van der Waals surface area contributed by atoms with E-state index in [9.17, 15) is 4.79 Å². The molecule has 3 rings (SSSR count). The third-order valence-electron chi connectivity index (χ3n) is 3.80. The molecule has 8 heteroatoms. The second kappa shape index (κ2) is 10.3.